The molecule has 1 unspecified atom stereocenters. The molecule has 1 aromatic heterocycles. The van der Waals surface area contributed by atoms with Crippen molar-refractivity contribution in [3.8, 4) is 5.75 Å². The lowest BCUT2D eigenvalue weighted by Crippen LogP contribution is -2.29. The van der Waals surface area contributed by atoms with E-state index in [-0.39, 0.29) is 6.04 Å². The number of nitrogens with zero attached hydrogens (tertiary/aromatic N) is 2. The van der Waals surface area contributed by atoms with Gasteiger partial charge in [0.25, 0.3) is 0 Å². The van der Waals surface area contributed by atoms with Crippen molar-refractivity contribution in [1.82, 2.24) is 15.0 Å². The van der Waals surface area contributed by atoms with Crippen molar-refractivity contribution in [2.45, 2.75) is 25.0 Å². The summed E-state index contributed by atoms with van der Waals surface area (Å²) in [7, 11) is 0. The SMILES string of the molecule is NNC(c1cccc(OC2CC2)c1)c1csnn1. The highest BCUT2D eigenvalue weighted by molar-refractivity contribution is 7.03. The van der Waals surface area contributed by atoms with Gasteiger partial charge in [0.2, 0.25) is 0 Å². The lowest BCUT2D eigenvalue weighted by molar-refractivity contribution is 0.302. The largest absolute Gasteiger partial charge is 0.490 e. The van der Waals surface area contributed by atoms with Crippen LogP contribution in [0.5, 0.6) is 5.75 Å². The van der Waals surface area contributed by atoms with E-state index in [0.717, 1.165) is 29.8 Å². The van der Waals surface area contributed by atoms with Crippen LogP contribution >= 0.6 is 11.5 Å². The highest BCUT2D eigenvalue weighted by Gasteiger charge is 2.24. The third kappa shape index (κ3) is 2.50. The van der Waals surface area contributed by atoms with E-state index in [1.165, 1.54) is 11.5 Å². The summed E-state index contributed by atoms with van der Waals surface area (Å²) in [5.74, 6) is 6.49. The maximum Gasteiger partial charge on any atom is 0.120 e. The number of hydrogen-bond donors (Lipinski definition) is 2. The van der Waals surface area contributed by atoms with Crippen molar-refractivity contribution in [1.29, 1.82) is 0 Å². The lowest BCUT2D eigenvalue weighted by Gasteiger charge is -2.14. The molecule has 94 valence electrons. The molecule has 3 N–H and O–H groups in total. The fourth-order valence-electron chi connectivity index (χ4n) is 1.80. The summed E-state index contributed by atoms with van der Waals surface area (Å²) in [6.45, 7) is 0. The van der Waals surface area contributed by atoms with Gasteiger partial charge in [-0.05, 0) is 42.1 Å². The van der Waals surface area contributed by atoms with E-state index in [2.05, 4.69) is 15.0 Å². The quantitative estimate of drug-likeness (QED) is 0.633. The third-order valence-corrected chi connectivity index (χ3v) is 3.38. The second kappa shape index (κ2) is 5.01. The molecule has 5 nitrogen and oxygen atoms in total. The summed E-state index contributed by atoms with van der Waals surface area (Å²) >= 11 is 1.31. The van der Waals surface area contributed by atoms with Gasteiger partial charge in [0.05, 0.1) is 17.8 Å². The average molecular weight is 262 g/mol. The zero-order valence-corrected chi connectivity index (χ0v) is 10.6. The standard InChI is InChI=1S/C12H14N4OS/c13-14-12(11-7-18-16-15-11)8-2-1-3-10(6-8)17-9-4-5-9/h1-3,6-7,9,12,14H,4-5,13H2. The van der Waals surface area contributed by atoms with Crippen molar-refractivity contribution in [2.75, 3.05) is 0 Å². The first-order valence-corrected chi connectivity index (χ1v) is 6.70. The molecule has 0 bridgehead atoms. The third-order valence-electron chi connectivity index (χ3n) is 2.86. The minimum atomic E-state index is -0.147. The predicted molar refractivity (Wildman–Crippen MR) is 69.2 cm³/mol. The number of nitrogens with one attached hydrogen (secondary N) is 1. The highest BCUT2D eigenvalue weighted by atomic mass is 32.1. The van der Waals surface area contributed by atoms with Crippen molar-refractivity contribution in [3.05, 3.63) is 40.9 Å². The fourth-order valence-corrected chi connectivity index (χ4v) is 2.28. The fraction of sp³-hybridized carbons (Fsp3) is 0.333. The van der Waals surface area contributed by atoms with Gasteiger partial charge < -0.3 is 4.74 Å². The zero-order valence-electron chi connectivity index (χ0n) is 9.74. The molecule has 1 heterocycles. The Morgan fingerprint density at radius 2 is 2.33 bits per heavy atom. The topological polar surface area (TPSA) is 73.1 Å². The molecule has 0 radical (unpaired) electrons. The van der Waals surface area contributed by atoms with Gasteiger partial charge in [-0.2, -0.15) is 0 Å². The van der Waals surface area contributed by atoms with E-state index in [1.807, 2.05) is 29.6 Å². The summed E-state index contributed by atoms with van der Waals surface area (Å²) in [4.78, 5) is 0. The van der Waals surface area contributed by atoms with Gasteiger partial charge in [-0.3, -0.25) is 5.84 Å². The van der Waals surface area contributed by atoms with Crippen LogP contribution in [-0.4, -0.2) is 15.7 Å². The van der Waals surface area contributed by atoms with Crippen LogP contribution in [0.4, 0.5) is 0 Å². The van der Waals surface area contributed by atoms with Crippen molar-refractivity contribution in [3.63, 3.8) is 0 Å². The molecule has 2 aromatic rings. The maximum absolute atomic E-state index is 5.78. The van der Waals surface area contributed by atoms with Gasteiger partial charge >= 0.3 is 0 Å². The summed E-state index contributed by atoms with van der Waals surface area (Å²) in [5.41, 5.74) is 4.62. The summed E-state index contributed by atoms with van der Waals surface area (Å²) in [6.07, 6.45) is 2.70. The Bertz CT molecular complexity index is 513. The smallest absolute Gasteiger partial charge is 0.120 e. The van der Waals surface area contributed by atoms with Crippen LogP contribution in [0, 0.1) is 0 Å². The Kier molecular flexibility index (Phi) is 3.22. The van der Waals surface area contributed by atoms with Crippen LogP contribution in [0.1, 0.15) is 30.1 Å². The molecular formula is C12H14N4OS. The van der Waals surface area contributed by atoms with Crippen LogP contribution in [0.2, 0.25) is 0 Å². The van der Waals surface area contributed by atoms with Gasteiger partial charge in [-0.15, -0.1) is 5.10 Å². The Morgan fingerprint density at radius 3 is 3.00 bits per heavy atom. The molecule has 1 aliphatic rings. The summed E-state index contributed by atoms with van der Waals surface area (Å²) < 4.78 is 9.64. The maximum atomic E-state index is 5.78. The molecule has 1 aromatic carbocycles. The molecule has 0 spiro atoms. The van der Waals surface area contributed by atoms with Crippen LogP contribution < -0.4 is 16.0 Å². The molecule has 0 amide bonds. The zero-order chi connectivity index (χ0) is 12.4. The van der Waals surface area contributed by atoms with E-state index < -0.39 is 0 Å². The number of benzene rings is 1. The summed E-state index contributed by atoms with van der Waals surface area (Å²) in [6, 6.07) is 7.80. The van der Waals surface area contributed by atoms with E-state index >= 15 is 0 Å². The molecule has 6 heteroatoms. The predicted octanol–water partition coefficient (Wildman–Crippen LogP) is 1.63. The second-order valence-electron chi connectivity index (χ2n) is 4.32. The van der Waals surface area contributed by atoms with Crippen LogP contribution in [0.25, 0.3) is 0 Å². The number of rotatable bonds is 5. The van der Waals surface area contributed by atoms with E-state index in [0.29, 0.717) is 6.10 Å². The minimum absolute atomic E-state index is 0.147. The van der Waals surface area contributed by atoms with Gasteiger partial charge in [0.1, 0.15) is 5.75 Å². The van der Waals surface area contributed by atoms with Crippen molar-refractivity contribution >= 4 is 11.5 Å². The van der Waals surface area contributed by atoms with E-state index in [4.69, 9.17) is 10.6 Å². The molecule has 0 aliphatic heterocycles. The molecule has 1 saturated carbocycles. The molecule has 1 atom stereocenters. The number of aromatic nitrogens is 2. The number of hydrogen-bond acceptors (Lipinski definition) is 6. The molecule has 18 heavy (non-hydrogen) atoms. The monoisotopic (exact) mass is 262 g/mol. The van der Waals surface area contributed by atoms with Crippen LogP contribution in [-0.2, 0) is 0 Å². The number of hydrazine groups is 1. The van der Waals surface area contributed by atoms with Gasteiger partial charge in [0, 0.05) is 5.38 Å². The molecule has 0 saturated heterocycles. The van der Waals surface area contributed by atoms with Crippen molar-refractivity contribution in [2.24, 2.45) is 5.84 Å². The van der Waals surface area contributed by atoms with Gasteiger partial charge in [0.15, 0.2) is 0 Å². The second-order valence-corrected chi connectivity index (χ2v) is 4.93. The number of ether oxygens (including phenoxy) is 1. The molecule has 3 rings (SSSR count). The number of nitrogens with two attached hydrogens (primary N) is 1. The molecular weight excluding hydrogens is 248 g/mol. The van der Waals surface area contributed by atoms with Gasteiger partial charge in [-0.1, -0.05) is 16.6 Å². The van der Waals surface area contributed by atoms with E-state index in [9.17, 15) is 0 Å². The minimum Gasteiger partial charge on any atom is -0.490 e. The first-order valence-electron chi connectivity index (χ1n) is 5.86. The molecule has 1 fully saturated rings. The Hall–Kier alpha value is -1.50. The Morgan fingerprint density at radius 1 is 1.44 bits per heavy atom. The average Bonchev–Trinajstić information content (AvgIpc) is 3.04. The first-order chi connectivity index (χ1) is 8.86. The first kappa shape index (κ1) is 11.6. The highest BCUT2D eigenvalue weighted by Crippen LogP contribution is 2.29. The van der Waals surface area contributed by atoms with Gasteiger partial charge in [-0.25, -0.2) is 5.43 Å². The lowest BCUT2D eigenvalue weighted by atomic mass is 10.1. The van der Waals surface area contributed by atoms with E-state index in [1.54, 1.807) is 0 Å². The summed E-state index contributed by atoms with van der Waals surface area (Å²) in [5, 5.41) is 5.94. The Balaban J connectivity index is 1.84. The van der Waals surface area contributed by atoms with Crippen LogP contribution in [0.3, 0.4) is 0 Å². The van der Waals surface area contributed by atoms with Crippen LogP contribution in [0.15, 0.2) is 29.6 Å². The Labute approximate surface area is 109 Å². The van der Waals surface area contributed by atoms with Crippen molar-refractivity contribution < 1.29 is 4.74 Å². The normalized spacial score (nSPS) is 16.5. The molecule has 1 aliphatic carbocycles.